The van der Waals surface area contributed by atoms with Crippen molar-refractivity contribution in [1.29, 1.82) is 0 Å². The van der Waals surface area contributed by atoms with Crippen molar-refractivity contribution < 1.29 is 13.6 Å². The van der Waals surface area contributed by atoms with Crippen LogP contribution >= 0.6 is 19.2 Å². The lowest BCUT2D eigenvalue weighted by Gasteiger charge is -2.25. The molecular weight excluding hydrogens is 285 g/mol. The average Bonchev–Trinajstić information content (AvgIpc) is 3.22. The van der Waals surface area contributed by atoms with Crippen LogP contribution in [0.25, 0.3) is 0 Å². The zero-order valence-corrected chi connectivity index (χ0v) is 13.0. The number of halogens is 1. The third-order valence-corrected chi connectivity index (χ3v) is 6.18. The fourth-order valence-electron chi connectivity index (χ4n) is 2.43. The summed E-state index contributed by atoms with van der Waals surface area (Å²) < 4.78 is 22.5. The topological polar surface area (TPSA) is 38.8 Å². The first-order valence-corrected chi connectivity index (χ1v) is 8.28. The highest BCUT2D eigenvalue weighted by molar-refractivity contribution is 7.55. The average molecular weight is 304 g/mol. The van der Waals surface area contributed by atoms with Crippen molar-refractivity contribution in [3.8, 4) is 0 Å². The van der Waals surface area contributed by atoms with Gasteiger partial charge in [0, 0.05) is 37.5 Å². The van der Waals surface area contributed by atoms with Gasteiger partial charge in [0.2, 0.25) is 0 Å². The molecule has 0 amide bonds. The van der Waals surface area contributed by atoms with Crippen molar-refractivity contribution >= 4 is 24.9 Å². The zero-order chi connectivity index (χ0) is 14.0. The molecule has 0 spiro atoms. The van der Waals surface area contributed by atoms with Gasteiger partial charge in [-0.1, -0.05) is 11.6 Å². The van der Waals surface area contributed by atoms with Crippen LogP contribution in [-0.2, 0) is 13.6 Å². The lowest BCUT2D eigenvalue weighted by Crippen LogP contribution is -2.27. The minimum absolute atomic E-state index is 0.0434. The van der Waals surface area contributed by atoms with Crippen molar-refractivity contribution in [3.05, 3.63) is 29.3 Å². The van der Waals surface area contributed by atoms with Gasteiger partial charge in [0.15, 0.2) is 0 Å². The van der Waals surface area contributed by atoms with Crippen molar-refractivity contribution in [1.82, 2.24) is 0 Å². The molecule has 0 heterocycles. The Morgan fingerprint density at radius 3 is 2.37 bits per heavy atom. The van der Waals surface area contributed by atoms with Gasteiger partial charge in [-0.15, -0.1) is 0 Å². The summed E-state index contributed by atoms with van der Waals surface area (Å²) >= 11 is 5.90. The SMILES string of the molecule is CCN(c1ccc(Cl)cc1)[C@@H]1C[C@H]1P(=O)(OC)OC. The van der Waals surface area contributed by atoms with Crippen LogP contribution in [0.1, 0.15) is 13.3 Å². The summed E-state index contributed by atoms with van der Waals surface area (Å²) in [5, 5.41) is 0.714. The van der Waals surface area contributed by atoms with Crippen molar-refractivity contribution in [2.45, 2.75) is 25.0 Å². The van der Waals surface area contributed by atoms with Gasteiger partial charge in [0.05, 0.1) is 5.66 Å². The van der Waals surface area contributed by atoms with E-state index in [9.17, 15) is 4.57 Å². The Bertz CT molecular complexity index is 471. The summed E-state index contributed by atoms with van der Waals surface area (Å²) in [7, 11) is -0.0775. The molecule has 0 radical (unpaired) electrons. The van der Waals surface area contributed by atoms with Crippen molar-refractivity contribution in [2.24, 2.45) is 0 Å². The molecule has 106 valence electrons. The van der Waals surface area contributed by atoms with Crippen LogP contribution in [0.3, 0.4) is 0 Å². The molecule has 1 aliphatic carbocycles. The largest absolute Gasteiger partial charge is 0.368 e. The van der Waals surface area contributed by atoms with E-state index in [0.717, 1.165) is 18.7 Å². The highest BCUT2D eigenvalue weighted by Crippen LogP contribution is 2.63. The predicted octanol–water partition coefficient (Wildman–Crippen LogP) is 3.79. The normalized spacial score (nSPS) is 22.3. The number of nitrogens with zero attached hydrogens (tertiary/aromatic N) is 1. The third-order valence-electron chi connectivity index (χ3n) is 3.54. The van der Waals surface area contributed by atoms with Crippen LogP contribution < -0.4 is 4.90 Å². The standard InChI is InChI=1S/C13H19ClNO3P/c1-4-15(11-7-5-10(14)6-8-11)12-9-13(12)19(16,17-2)18-3/h5-8,12-13H,4,9H2,1-3H3/t12-,13-/m1/s1. The van der Waals surface area contributed by atoms with Gasteiger partial charge in [-0.3, -0.25) is 4.57 Å². The van der Waals surface area contributed by atoms with E-state index in [-0.39, 0.29) is 11.7 Å². The smallest absolute Gasteiger partial charge is 0.335 e. The molecule has 4 nitrogen and oxygen atoms in total. The van der Waals surface area contributed by atoms with E-state index < -0.39 is 7.60 Å². The zero-order valence-electron chi connectivity index (χ0n) is 11.4. The summed E-state index contributed by atoms with van der Waals surface area (Å²) in [6, 6.07) is 7.89. The Kier molecular flexibility index (Phi) is 4.57. The van der Waals surface area contributed by atoms with E-state index in [1.165, 1.54) is 14.2 Å². The molecule has 1 saturated carbocycles. The molecule has 0 bridgehead atoms. The molecule has 0 aromatic heterocycles. The number of benzene rings is 1. The van der Waals surface area contributed by atoms with E-state index in [1.54, 1.807) is 0 Å². The van der Waals surface area contributed by atoms with Gasteiger partial charge in [-0.05, 0) is 37.6 Å². The maximum absolute atomic E-state index is 12.3. The minimum atomic E-state index is -2.96. The monoisotopic (exact) mass is 303 g/mol. The molecule has 0 aliphatic heterocycles. The summed E-state index contributed by atoms with van der Waals surface area (Å²) in [5.41, 5.74) is 1.04. The lowest BCUT2D eigenvalue weighted by atomic mass is 10.3. The van der Waals surface area contributed by atoms with Crippen molar-refractivity contribution in [3.63, 3.8) is 0 Å². The predicted molar refractivity (Wildman–Crippen MR) is 78.3 cm³/mol. The van der Waals surface area contributed by atoms with Crippen LogP contribution in [0.15, 0.2) is 24.3 Å². The molecule has 6 heteroatoms. The quantitative estimate of drug-likeness (QED) is 0.749. The molecular formula is C13H19ClNO3P. The van der Waals surface area contributed by atoms with Crippen LogP contribution in [0.2, 0.25) is 5.02 Å². The van der Waals surface area contributed by atoms with Gasteiger partial charge in [0.1, 0.15) is 0 Å². The molecule has 0 N–H and O–H groups in total. The van der Waals surface area contributed by atoms with E-state index in [4.69, 9.17) is 20.6 Å². The van der Waals surface area contributed by atoms with Gasteiger partial charge < -0.3 is 13.9 Å². The fourth-order valence-corrected chi connectivity index (χ4v) is 4.30. The maximum atomic E-state index is 12.3. The van der Waals surface area contributed by atoms with E-state index >= 15 is 0 Å². The highest BCUT2D eigenvalue weighted by Gasteiger charge is 2.54. The van der Waals surface area contributed by atoms with Crippen LogP contribution in [0, 0.1) is 0 Å². The van der Waals surface area contributed by atoms with Gasteiger partial charge >= 0.3 is 7.60 Å². The van der Waals surface area contributed by atoms with Gasteiger partial charge in [-0.2, -0.15) is 0 Å². The highest BCUT2D eigenvalue weighted by atomic mass is 35.5. The molecule has 2 rings (SSSR count). The second kappa shape index (κ2) is 5.84. The lowest BCUT2D eigenvalue weighted by molar-refractivity contribution is 0.274. The second-order valence-electron chi connectivity index (χ2n) is 4.54. The van der Waals surface area contributed by atoms with Crippen LogP contribution in [0.5, 0.6) is 0 Å². The van der Waals surface area contributed by atoms with Crippen LogP contribution in [0.4, 0.5) is 5.69 Å². The van der Waals surface area contributed by atoms with Gasteiger partial charge in [0.25, 0.3) is 0 Å². The first-order chi connectivity index (χ1) is 9.05. The third kappa shape index (κ3) is 2.97. The Balaban J connectivity index is 2.13. The van der Waals surface area contributed by atoms with Crippen LogP contribution in [-0.4, -0.2) is 32.5 Å². The minimum Gasteiger partial charge on any atom is -0.368 e. The number of anilines is 1. The molecule has 0 unspecified atom stereocenters. The number of rotatable bonds is 6. The first-order valence-electron chi connectivity index (χ1n) is 6.29. The Hall–Kier alpha value is -0.540. The summed E-state index contributed by atoms with van der Waals surface area (Å²) in [5.74, 6) is 0. The van der Waals surface area contributed by atoms with E-state index in [2.05, 4.69) is 11.8 Å². The molecule has 19 heavy (non-hydrogen) atoms. The molecule has 0 saturated heterocycles. The molecule has 1 aliphatic rings. The van der Waals surface area contributed by atoms with E-state index in [0.29, 0.717) is 5.02 Å². The van der Waals surface area contributed by atoms with Gasteiger partial charge in [-0.25, -0.2) is 0 Å². The Morgan fingerprint density at radius 1 is 1.32 bits per heavy atom. The summed E-state index contributed by atoms with van der Waals surface area (Å²) in [6.07, 6.45) is 0.829. The molecule has 1 aromatic carbocycles. The summed E-state index contributed by atoms with van der Waals surface area (Å²) in [4.78, 5) is 2.21. The Morgan fingerprint density at radius 2 is 1.89 bits per heavy atom. The first kappa shape index (κ1) is 14.9. The Labute approximate surface area is 119 Å². The van der Waals surface area contributed by atoms with E-state index in [1.807, 2.05) is 24.3 Å². The molecule has 2 atom stereocenters. The van der Waals surface area contributed by atoms with Crippen molar-refractivity contribution in [2.75, 3.05) is 25.7 Å². The maximum Gasteiger partial charge on any atom is 0.335 e. The molecule has 1 aromatic rings. The molecule has 1 fully saturated rings. The fraction of sp³-hybridized carbons (Fsp3) is 0.538. The second-order valence-corrected chi connectivity index (χ2v) is 7.45. The number of hydrogen-bond donors (Lipinski definition) is 0. The summed E-state index contributed by atoms with van der Waals surface area (Å²) in [6.45, 7) is 2.92. The number of hydrogen-bond acceptors (Lipinski definition) is 4.